The van der Waals surface area contributed by atoms with Crippen LogP contribution in [0.1, 0.15) is 32.3 Å². The average molecular weight is 251 g/mol. The zero-order valence-corrected chi connectivity index (χ0v) is 11.0. The monoisotopic (exact) mass is 251 g/mol. The smallest absolute Gasteiger partial charge is 0.220 e. The van der Waals surface area contributed by atoms with Crippen LogP contribution in [0.15, 0.2) is 29.2 Å². The molecule has 0 bridgehead atoms. The van der Waals surface area contributed by atoms with Crippen LogP contribution in [-0.4, -0.2) is 11.0 Å². The van der Waals surface area contributed by atoms with Crippen molar-refractivity contribution in [1.29, 1.82) is 0 Å². The number of hydrogen-bond donors (Lipinski definition) is 1. The zero-order chi connectivity index (χ0) is 12.7. The van der Waals surface area contributed by atoms with Crippen molar-refractivity contribution in [3.05, 3.63) is 29.8 Å². The summed E-state index contributed by atoms with van der Waals surface area (Å²) in [6.45, 7) is 4.04. The summed E-state index contributed by atoms with van der Waals surface area (Å²) in [4.78, 5) is 23.2. The van der Waals surface area contributed by atoms with Gasteiger partial charge in [0, 0.05) is 24.8 Å². The molecule has 3 nitrogen and oxygen atoms in total. The summed E-state index contributed by atoms with van der Waals surface area (Å²) in [5, 5.41) is 2.91. The maximum Gasteiger partial charge on any atom is 0.220 e. The molecule has 0 aromatic heterocycles. The summed E-state index contributed by atoms with van der Waals surface area (Å²) in [5.74, 6) is 0.0668. The highest BCUT2D eigenvalue weighted by Gasteiger charge is 2.02. The predicted octanol–water partition coefficient (Wildman–Crippen LogP) is 2.74. The Kier molecular flexibility index (Phi) is 5.77. The van der Waals surface area contributed by atoms with Gasteiger partial charge < -0.3 is 5.32 Å². The van der Waals surface area contributed by atoms with E-state index in [-0.39, 0.29) is 11.0 Å². The average Bonchev–Trinajstić information content (AvgIpc) is 2.26. The first kappa shape index (κ1) is 13.8. The van der Waals surface area contributed by atoms with Gasteiger partial charge in [0.15, 0.2) is 5.12 Å². The molecule has 4 heteroatoms. The predicted molar refractivity (Wildman–Crippen MR) is 69.7 cm³/mol. The highest BCUT2D eigenvalue weighted by atomic mass is 32.2. The number of benzene rings is 1. The Balaban J connectivity index is 2.53. The minimum atomic E-state index is 0.0668. The lowest BCUT2D eigenvalue weighted by atomic mass is 10.2. The van der Waals surface area contributed by atoms with E-state index in [1.165, 1.54) is 11.8 Å². The highest BCUT2D eigenvalue weighted by molar-refractivity contribution is 8.13. The molecule has 0 aliphatic carbocycles. The van der Waals surface area contributed by atoms with E-state index in [1.54, 1.807) is 6.92 Å². The van der Waals surface area contributed by atoms with Crippen LogP contribution in [-0.2, 0) is 16.1 Å². The van der Waals surface area contributed by atoms with Gasteiger partial charge in [0.05, 0.1) is 0 Å². The molecule has 0 atom stereocenters. The molecule has 0 fully saturated rings. The van der Waals surface area contributed by atoms with Gasteiger partial charge in [-0.3, -0.25) is 9.59 Å². The highest BCUT2D eigenvalue weighted by Crippen LogP contribution is 2.19. The molecule has 1 aromatic carbocycles. The van der Waals surface area contributed by atoms with Crippen molar-refractivity contribution in [3.8, 4) is 0 Å². The standard InChI is InChI=1S/C13H17NO2S/c1-3-5-13(16)14-9-11-6-4-7-12(8-11)17-10(2)15/h4,6-8H,3,5,9H2,1-2H3,(H,14,16). The van der Waals surface area contributed by atoms with Gasteiger partial charge in [-0.25, -0.2) is 0 Å². The van der Waals surface area contributed by atoms with Gasteiger partial charge in [-0.1, -0.05) is 30.8 Å². The fraction of sp³-hybridized carbons (Fsp3) is 0.385. The third-order valence-electron chi connectivity index (χ3n) is 2.13. The third kappa shape index (κ3) is 5.54. The van der Waals surface area contributed by atoms with E-state index in [2.05, 4.69) is 5.32 Å². The Bertz CT molecular complexity index is 404. The van der Waals surface area contributed by atoms with E-state index in [4.69, 9.17) is 0 Å². The van der Waals surface area contributed by atoms with E-state index in [0.717, 1.165) is 16.9 Å². The quantitative estimate of drug-likeness (QED) is 0.818. The molecule has 0 radical (unpaired) electrons. The lowest BCUT2D eigenvalue weighted by Crippen LogP contribution is -2.22. The molecule has 0 aliphatic heterocycles. The van der Waals surface area contributed by atoms with Crippen LogP contribution in [0.5, 0.6) is 0 Å². The molecular weight excluding hydrogens is 234 g/mol. The van der Waals surface area contributed by atoms with E-state index in [9.17, 15) is 9.59 Å². The Morgan fingerprint density at radius 2 is 2.12 bits per heavy atom. The van der Waals surface area contributed by atoms with Crippen molar-refractivity contribution in [2.75, 3.05) is 0 Å². The van der Waals surface area contributed by atoms with Gasteiger partial charge in [-0.2, -0.15) is 0 Å². The van der Waals surface area contributed by atoms with Gasteiger partial charge in [0.2, 0.25) is 5.91 Å². The molecule has 0 spiro atoms. The summed E-state index contributed by atoms with van der Waals surface area (Å²) >= 11 is 1.21. The van der Waals surface area contributed by atoms with Gasteiger partial charge in [0.1, 0.15) is 0 Å². The van der Waals surface area contributed by atoms with Crippen molar-refractivity contribution in [1.82, 2.24) is 5.32 Å². The van der Waals surface area contributed by atoms with Crippen molar-refractivity contribution >= 4 is 22.8 Å². The Morgan fingerprint density at radius 1 is 1.35 bits per heavy atom. The second kappa shape index (κ2) is 7.12. The van der Waals surface area contributed by atoms with Crippen molar-refractivity contribution in [2.45, 2.75) is 38.1 Å². The van der Waals surface area contributed by atoms with Crippen LogP contribution in [0.3, 0.4) is 0 Å². The number of nitrogens with one attached hydrogen (secondary N) is 1. The SMILES string of the molecule is CCCC(=O)NCc1cccc(SC(C)=O)c1. The molecule has 17 heavy (non-hydrogen) atoms. The largest absolute Gasteiger partial charge is 0.352 e. The van der Waals surface area contributed by atoms with E-state index in [0.29, 0.717) is 13.0 Å². The first-order valence-electron chi connectivity index (χ1n) is 5.66. The fourth-order valence-electron chi connectivity index (χ4n) is 1.40. The number of rotatable bonds is 5. The van der Waals surface area contributed by atoms with Gasteiger partial charge in [0.25, 0.3) is 0 Å². The molecule has 1 N–H and O–H groups in total. The lowest BCUT2D eigenvalue weighted by molar-refractivity contribution is -0.121. The number of hydrogen-bond acceptors (Lipinski definition) is 3. The second-order valence-electron chi connectivity index (χ2n) is 3.77. The molecule has 1 aromatic rings. The van der Waals surface area contributed by atoms with E-state index in [1.807, 2.05) is 31.2 Å². The Morgan fingerprint density at radius 3 is 2.76 bits per heavy atom. The van der Waals surface area contributed by atoms with Crippen LogP contribution in [0.4, 0.5) is 0 Å². The summed E-state index contributed by atoms with van der Waals surface area (Å²) in [6, 6.07) is 7.66. The fourth-order valence-corrected chi connectivity index (χ4v) is 2.09. The molecule has 1 rings (SSSR count). The van der Waals surface area contributed by atoms with E-state index < -0.39 is 0 Å². The Labute approximate surface area is 106 Å². The van der Waals surface area contributed by atoms with Crippen LogP contribution < -0.4 is 5.32 Å². The first-order chi connectivity index (χ1) is 8.11. The maximum atomic E-state index is 11.3. The second-order valence-corrected chi connectivity index (χ2v) is 5.02. The molecule has 0 heterocycles. The number of thioether (sulfide) groups is 1. The normalized spacial score (nSPS) is 10.0. The summed E-state index contributed by atoms with van der Waals surface area (Å²) in [6.07, 6.45) is 1.41. The molecule has 0 saturated heterocycles. The first-order valence-corrected chi connectivity index (χ1v) is 6.47. The Hall–Kier alpha value is -1.29. The molecule has 0 unspecified atom stereocenters. The number of carbonyl (C=O) groups excluding carboxylic acids is 2. The molecule has 1 amide bonds. The van der Waals surface area contributed by atoms with Crippen LogP contribution >= 0.6 is 11.8 Å². The minimum Gasteiger partial charge on any atom is -0.352 e. The summed E-state index contributed by atoms with van der Waals surface area (Å²) in [5.41, 5.74) is 1.01. The molecule has 0 saturated carbocycles. The van der Waals surface area contributed by atoms with Gasteiger partial charge in [-0.05, 0) is 24.1 Å². The van der Waals surface area contributed by atoms with Crippen molar-refractivity contribution < 1.29 is 9.59 Å². The number of amides is 1. The third-order valence-corrected chi connectivity index (χ3v) is 2.90. The molecule has 0 aliphatic rings. The van der Waals surface area contributed by atoms with E-state index >= 15 is 0 Å². The van der Waals surface area contributed by atoms with Crippen LogP contribution in [0.2, 0.25) is 0 Å². The van der Waals surface area contributed by atoms with Gasteiger partial charge in [-0.15, -0.1) is 0 Å². The van der Waals surface area contributed by atoms with Gasteiger partial charge >= 0.3 is 0 Å². The minimum absolute atomic E-state index is 0.0668. The van der Waals surface area contributed by atoms with Crippen LogP contribution in [0, 0.1) is 0 Å². The molecular formula is C13H17NO2S. The maximum absolute atomic E-state index is 11.3. The lowest BCUT2D eigenvalue weighted by Gasteiger charge is -2.05. The zero-order valence-electron chi connectivity index (χ0n) is 10.2. The van der Waals surface area contributed by atoms with Crippen molar-refractivity contribution in [2.24, 2.45) is 0 Å². The van der Waals surface area contributed by atoms with Crippen LogP contribution in [0.25, 0.3) is 0 Å². The molecule has 92 valence electrons. The summed E-state index contributed by atoms with van der Waals surface area (Å²) < 4.78 is 0. The summed E-state index contributed by atoms with van der Waals surface area (Å²) in [7, 11) is 0. The van der Waals surface area contributed by atoms with Crippen molar-refractivity contribution in [3.63, 3.8) is 0 Å². The topological polar surface area (TPSA) is 46.2 Å². The number of carbonyl (C=O) groups is 2.